The average molecular weight is 512 g/mol. The van der Waals surface area contributed by atoms with Crippen molar-refractivity contribution in [1.29, 1.82) is 0 Å². The number of piperidine rings is 1. The van der Waals surface area contributed by atoms with Gasteiger partial charge in [-0.3, -0.25) is 4.79 Å². The Kier molecular flexibility index (Phi) is 9.83. The van der Waals surface area contributed by atoms with Crippen molar-refractivity contribution in [3.63, 3.8) is 0 Å². The maximum atomic E-state index is 13.7. The Morgan fingerprint density at radius 3 is 2.16 bits per heavy atom. The number of esters is 1. The van der Waals surface area contributed by atoms with Crippen LogP contribution in [-0.2, 0) is 14.3 Å². The molecule has 200 valence electrons. The van der Waals surface area contributed by atoms with E-state index in [0.717, 1.165) is 24.2 Å². The van der Waals surface area contributed by atoms with Gasteiger partial charge in [0.05, 0.1) is 35.0 Å². The SMILES string of the molecule is C=C(C(=O)N1CCC(c2ccc(OC)cc2)C[C@H]1C(=O)OCCCC)c1cc(OC)c(OC)c(OC)c1. The highest BCUT2D eigenvalue weighted by molar-refractivity contribution is 6.19. The van der Waals surface area contributed by atoms with Crippen LogP contribution >= 0.6 is 0 Å². The molecule has 0 N–H and O–H groups in total. The Labute approximate surface area is 219 Å². The highest BCUT2D eigenvalue weighted by Crippen LogP contribution is 2.41. The minimum Gasteiger partial charge on any atom is -0.497 e. The molecule has 8 nitrogen and oxygen atoms in total. The normalized spacial score (nSPS) is 17.1. The predicted octanol–water partition coefficient (Wildman–Crippen LogP) is 4.85. The van der Waals surface area contributed by atoms with Crippen LogP contribution in [0, 0.1) is 0 Å². The first-order valence-corrected chi connectivity index (χ1v) is 12.5. The van der Waals surface area contributed by atoms with Crippen LogP contribution in [0.4, 0.5) is 0 Å². The first-order chi connectivity index (χ1) is 17.9. The van der Waals surface area contributed by atoms with Crippen LogP contribution in [-0.4, -0.2) is 64.4 Å². The van der Waals surface area contributed by atoms with Gasteiger partial charge in [-0.15, -0.1) is 0 Å². The van der Waals surface area contributed by atoms with Crippen LogP contribution in [0.25, 0.3) is 5.57 Å². The summed E-state index contributed by atoms with van der Waals surface area (Å²) in [6.45, 7) is 6.82. The zero-order valence-electron chi connectivity index (χ0n) is 22.4. The topological polar surface area (TPSA) is 83.5 Å². The fraction of sp³-hybridized carbons (Fsp3) is 0.448. The lowest BCUT2D eigenvalue weighted by Crippen LogP contribution is -2.50. The largest absolute Gasteiger partial charge is 0.497 e. The molecule has 1 aliphatic heterocycles. The number of benzene rings is 2. The van der Waals surface area contributed by atoms with Crippen LogP contribution in [0.2, 0.25) is 0 Å². The van der Waals surface area contributed by atoms with Crippen molar-refractivity contribution in [3.8, 4) is 23.0 Å². The molecule has 1 aliphatic rings. The highest BCUT2D eigenvalue weighted by Gasteiger charge is 2.38. The second kappa shape index (κ2) is 13.0. The number of nitrogens with zero attached hydrogens (tertiary/aromatic N) is 1. The van der Waals surface area contributed by atoms with Crippen molar-refractivity contribution in [2.24, 2.45) is 0 Å². The lowest BCUT2D eigenvalue weighted by atomic mass is 9.84. The Balaban J connectivity index is 1.88. The molecule has 1 amide bonds. The molecular formula is C29H37NO7. The summed E-state index contributed by atoms with van der Waals surface area (Å²) < 4.78 is 27.1. The summed E-state index contributed by atoms with van der Waals surface area (Å²) in [5.74, 6) is 1.41. The molecule has 0 saturated carbocycles. The lowest BCUT2D eigenvalue weighted by molar-refractivity contribution is -0.155. The third kappa shape index (κ3) is 6.37. The van der Waals surface area contributed by atoms with Crippen molar-refractivity contribution in [2.75, 3.05) is 41.6 Å². The molecule has 37 heavy (non-hydrogen) atoms. The number of ether oxygens (including phenoxy) is 5. The molecule has 3 rings (SSSR count). The molecular weight excluding hydrogens is 474 g/mol. The minimum atomic E-state index is -0.719. The molecule has 0 spiro atoms. The molecule has 2 aromatic carbocycles. The number of rotatable bonds is 11. The number of carbonyl (C=O) groups is 2. The van der Waals surface area contributed by atoms with Gasteiger partial charge >= 0.3 is 5.97 Å². The smallest absolute Gasteiger partial charge is 0.328 e. The van der Waals surface area contributed by atoms with Crippen molar-refractivity contribution in [1.82, 2.24) is 4.90 Å². The Bertz CT molecular complexity index is 1070. The maximum Gasteiger partial charge on any atom is 0.328 e. The van der Waals surface area contributed by atoms with E-state index >= 15 is 0 Å². The summed E-state index contributed by atoms with van der Waals surface area (Å²) >= 11 is 0. The molecule has 0 bridgehead atoms. The van der Waals surface area contributed by atoms with E-state index in [9.17, 15) is 9.59 Å². The van der Waals surface area contributed by atoms with Crippen LogP contribution in [0.1, 0.15) is 49.7 Å². The summed E-state index contributed by atoms with van der Waals surface area (Å²) in [6.07, 6.45) is 2.85. The molecule has 1 saturated heterocycles. The van der Waals surface area contributed by atoms with Crippen molar-refractivity contribution in [3.05, 3.63) is 54.1 Å². The van der Waals surface area contributed by atoms with Crippen LogP contribution < -0.4 is 18.9 Å². The van der Waals surface area contributed by atoms with E-state index in [2.05, 4.69) is 6.58 Å². The number of hydrogen-bond acceptors (Lipinski definition) is 7. The predicted molar refractivity (Wildman–Crippen MR) is 141 cm³/mol. The molecule has 1 unspecified atom stereocenters. The number of likely N-dealkylation sites (tertiary alicyclic amines) is 1. The van der Waals surface area contributed by atoms with Crippen molar-refractivity contribution < 1.29 is 33.3 Å². The van der Waals surface area contributed by atoms with Gasteiger partial charge in [0.25, 0.3) is 5.91 Å². The second-order valence-corrected chi connectivity index (χ2v) is 8.92. The first kappa shape index (κ1) is 27.9. The van der Waals surface area contributed by atoms with Gasteiger partial charge in [0, 0.05) is 12.1 Å². The van der Waals surface area contributed by atoms with E-state index in [0.29, 0.717) is 48.8 Å². The van der Waals surface area contributed by atoms with E-state index in [4.69, 9.17) is 23.7 Å². The third-order valence-corrected chi connectivity index (χ3v) is 6.74. The van der Waals surface area contributed by atoms with E-state index in [1.54, 1.807) is 24.1 Å². The first-order valence-electron chi connectivity index (χ1n) is 12.5. The fourth-order valence-electron chi connectivity index (χ4n) is 4.58. The molecule has 1 heterocycles. The zero-order valence-corrected chi connectivity index (χ0v) is 22.4. The lowest BCUT2D eigenvalue weighted by Gasteiger charge is -2.38. The summed E-state index contributed by atoms with van der Waals surface area (Å²) in [5, 5.41) is 0. The number of unbranched alkanes of at least 4 members (excludes halogenated alkanes) is 1. The fourth-order valence-corrected chi connectivity index (χ4v) is 4.58. The van der Waals surface area contributed by atoms with Crippen LogP contribution in [0.15, 0.2) is 43.0 Å². The maximum absolute atomic E-state index is 13.7. The van der Waals surface area contributed by atoms with E-state index in [1.807, 2.05) is 31.2 Å². The zero-order chi connectivity index (χ0) is 26.9. The Morgan fingerprint density at radius 2 is 1.62 bits per heavy atom. The van der Waals surface area contributed by atoms with Gasteiger partial charge in [-0.1, -0.05) is 32.1 Å². The molecule has 0 radical (unpaired) electrons. The van der Waals surface area contributed by atoms with Gasteiger partial charge in [0.1, 0.15) is 11.8 Å². The molecule has 0 aromatic heterocycles. The molecule has 0 aliphatic carbocycles. The van der Waals surface area contributed by atoms with Crippen LogP contribution in [0.5, 0.6) is 23.0 Å². The van der Waals surface area contributed by atoms with Gasteiger partial charge in [-0.25, -0.2) is 4.79 Å². The van der Waals surface area contributed by atoms with E-state index in [-0.39, 0.29) is 17.4 Å². The third-order valence-electron chi connectivity index (χ3n) is 6.74. The number of amides is 1. The average Bonchev–Trinajstić information content (AvgIpc) is 2.95. The van der Waals surface area contributed by atoms with E-state index < -0.39 is 12.0 Å². The van der Waals surface area contributed by atoms with Crippen LogP contribution in [0.3, 0.4) is 0 Å². The van der Waals surface area contributed by atoms with Gasteiger partial charge < -0.3 is 28.6 Å². The summed E-state index contributed by atoms with van der Waals surface area (Å²) in [7, 11) is 6.17. The van der Waals surface area contributed by atoms with Gasteiger partial charge in [-0.05, 0) is 60.6 Å². The standard InChI is InChI=1S/C29H37NO7/c1-7-8-15-37-29(32)24-16-21(20-9-11-23(33-3)12-10-20)13-14-30(24)28(31)19(2)22-17-25(34-4)27(36-6)26(18-22)35-5/h9-12,17-18,21,24H,2,7-8,13-16H2,1,3-6H3/t21?,24-/m0/s1. The molecule has 2 aromatic rings. The number of methoxy groups -OCH3 is 4. The Morgan fingerprint density at radius 1 is 0.973 bits per heavy atom. The quantitative estimate of drug-likeness (QED) is 0.242. The van der Waals surface area contributed by atoms with Crippen molar-refractivity contribution >= 4 is 17.4 Å². The van der Waals surface area contributed by atoms with Gasteiger partial charge in [0.2, 0.25) is 5.75 Å². The Hall–Kier alpha value is -3.68. The summed E-state index contributed by atoms with van der Waals surface area (Å²) in [5.41, 5.74) is 1.85. The highest BCUT2D eigenvalue weighted by atomic mass is 16.5. The molecule has 1 fully saturated rings. The second-order valence-electron chi connectivity index (χ2n) is 8.92. The molecule has 8 heteroatoms. The van der Waals surface area contributed by atoms with Crippen molar-refractivity contribution in [2.45, 2.75) is 44.6 Å². The molecule has 2 atom stereocenters. The summed E-state index contributed by atoms with van der Waals surface area (Å²) in [6, 6.07) is 10.5. The summed E-state index contributed by atoms with van der Waals surface area (Å²) in [4.78, 5) is 28.5. The number of hydrogen-bond donors (Lipinski definition) is 0. The number of carbonyl (C=O) groups excluding carboxylic acids is 2. The minimum absolute atomic E-state index is 0.105. The monoisotopic (exact) mass is 511 g/mol. The van der Waals surface area contributed by atoms with Gasteiger partial charge in [-0.2, -0.15) is 0 Å². The van der Waals surface area contributed by atoms with Gasteiger partial charge in [0.15, 0.2) is 11.5 Å². The van der Waals surface area contributed by atoms with E-state index in [1.165, 1.54) is 21.3 Å².